The van der Waals surface area contributed by atoms with E-state index in [1.54, 1.807) is 0 Å². The fourth-order valence-corrected chi connectivity index (χ4v) is 3.89. The zero-order valence-corrected chi connectivity index (χ0v) is 14.4. The number of likely N-dealkylation sites (tertiary alicyclic amines) is 1. The Balaban J connectivity index is 1.45. The van der Waals surface area contributed by atoms with Gasteiger partial charge in [-0.15, -0.1) is 0 Å². The van der Waals surface area contributed by atoms with Crippen LogP contribution >= 0.6 is 0 Å². The number of nitrogens with one attached hydrogen (secondary N) is 1. The van der Waals surface area contributed by atoms with E-state index in [1.807, 2.05) is 24.3 Å². The van der Waals surface area contributed by atoms with Gasteiger partial charge in [-0.3, -0.25) is 9.69 Å². The van der Waals surface area contributed by atoms with E-state index in [0.29, 0.717) is 23.8 Å². The molecule has 0 spiro atoms. The van der Waals surface area contributed by atoms with Crippen LogP contribution in [-0.2, 0) is 6.54 Å². The Kier molecular flexibility index (Phi) is 4.70. The normalized spacial score (nSPS) is 23.9. The minimum atomic E-state index is -0.0324. The minimum absolute atomic E-state index is 0.0324. The number of para-hydroxylation sites is 1. The first-order valence-electron chi connectivity index (χ1n) is 9.10. The van der Waals surface area contributed by atoms with Gasteiger partial charge in [0, 0.05) is 19.0 Å². The van der Waals surface area contributed by atoms with E-state index in [2.05, 4.69) is 40.5 Å². The summed E-state index contributed by atoms with van der Waals surface area (Å²) in [5.41, 5.74) is 1.99. The summed E-state index contributed by atoms with van der Waals surface area (Å²) < 4.78 is 6.26. The van der Waals surface area contributed by atoms with Crippen LogP contribution in [0.25, 0.3) is 0 Å². The second-order valence-corrected chi connectivity index (χ2v) is 6.99. The summed E-state index contributed by atoms with van der Waals surface area (Å²) >= 11 is 0. The second kappa shape index (κ2) is 7.28. The molecule has 2 aromatic carbocycles. The van der Waals surface area contributed by atoms with Gasteiger partial charge in [0.1, 0.15) is 11.9 Å². The molecule has 2 aliphatic rings. The number of carbonyl (C=O) groups excluding carboxylic acids is 1. The van der Waals surface area contributed by atoms with Crippen LogP contribution in [0.4, 0.5) is 0 Å². The van der Waals surface area contributed by atoms with Crippen LogP contribution in [0.1, 0.15) is 28.8 Å². The smallest absolute Gasteiger partial charge is 0.255 e. The monoisotopic (exact) mass is 336 g/mol. The third-order valence-corrected chi connectivity index (χ3v) is 5.19. The van der Waals surface area contributed by atoms with Gasteiger partial charge < -0.3 is 10.1 Å². The zero-order valence-electron chi connectivity index (χ0n) is 14.4. The Bertz CT molecular complexity index is 732. The highest BCUT2D eigenvalue weighted by Gasteiger charge is 2.32. The Morgan fingerprint density at radius 3 is 2.76 bits per heavy atom. The predicted molar refractivity (Wildman–Crippen MR) is 97.6 cm³/mol. The molecule has 2 heterocycles. The number of benzene rings is 2. The van der Waals surface area contributed by atoms with Crippen molar-refractivity contribution in [2.75, 3.05) is 19.6 Å². The van der Waals surface area contributed by atoms with E-state index in [4.69, 9.17) is 4.74 Å². The van der Waals surface area contributed by atoms with E-state index >= 15 is 0 Å². The van der Waals surface area contributed by atoms with Gasteiger partial charge in [0.05, 0.1) is 12.1 Å². The first-order chi connectivity index (χ1) is 12.3. The van der Waals surface area contributed by atoms with Gasteiger partial charge in [-0.25, -0.2) is 0 Å². The van der Waals surface area contributed by atoms with E-state index < -0.39 is 0 Å². The topological polar surface area (TPSA) is 41.6 Å². The van der Waals surface area contributed by atoms with Crippen LogP contribution in [0.3, 0.4) is 0 Å². The maximum Gasteiger partial charge on any atom is 0.255 e. The van der Waals surface area contributed by atoms with Crippen LogP contribution in [0.2, 0.25) is 0 Å². The Morgan fingerprint density at radius 1 is 1.08 bits per heavy atom. The largest absolute Gasteiger partial charge is 0.487 e. The van der Waals surface area contributed by atoms with E-state index in [-0.39, 0.29) is 12.0 Å². The highest BCUT2D eigenvalue weighted by atomic mass is 16.5. The number of hydrogen-bond acceptors (Lipinski definition) is 3. The average Bonchev–Trinajstić information content (AvgIpc) is 2.82. The molecule has 2 aromatic rings. The summed E-state index contributed by atoms with van der Waals surface area (Å²) in [6, 6.07) is 18.1. The first-order valence-corrected chi connectivity index (χ1v) is 9.10. The van der Waals surface area contributed by atoms with Crippen LogP contribution < -0.4 is 10.1 Å². The van der Waals surface area contributed by atoms with Crippen LogP contribution in [0.5, 0.6) is 5.75 Å². The highest BCUT2D eigenvalue weighted by Crippen LogP contribution is 2.28. The Hall–Kier alpha value is -2.33. The Morgan fingerprint density at radius 2 is 1.88 bits per heavy atom. The summed E-state index contributed by atoms with van der Waals surface area (Å²) in [4.78, 5) is 14.7. The first kappa shape index (κ1) is 16.2. The van der Waals surface area contributed by atoms with Crippen LogP contribution in [0.15, 0.2) is 54.6 Å². The zero-order chi connectivity index (χ0) is 17.1. The molecule has 25 heavy (non-hydrogen) atoms. The lowest BCUT2D eigenvalue weighted by Gasteiger charge is -2.36. The number of ether oxygens (including phenoxy) is 1. The van der Waals surface area contributed by atoms with Crippen molar-refractivity contribution in [1.29, 1.82) is 0 Å². The number of hydrogen-bond donors (Lipinski definition) is 1. The molecule has 1 fully saturated rings. The van der Waals surface area contributed by atoms with Crippen molar-refractivity contribution in [2.45, 2.75) is 25.5 Å². The van der Waals surface area contributed by atoms with E-state index in [9.17, 15) is 4.79 Å². The molecule has 4 heteroatoms. The summed E-state index contributed by atoms with van der Waals surface area (Å²) in [6.45, 7) is 3.70. The molecule has 0 saturated carbocycles. The lowest BCUT2D eigenvalue weighted by molar-refractivity contribution is 0.0660. The molecule has 0 aliphatic carbocycles. The summed E-state index contributed by atoms with van der Waals surface area (Å²) in [5.74, 6) is 1.11. The van der Waals surface area contributed by atoms with Crippen molar-refractivity contribution >= 4 is 5.91 Å². The third kappa shape index (κ3) is 3.69. The molecular weight excluding hydrogens is 312 g/mol. The number of piperidine rings is 1. The molecule has 0 radical (unpaired) electrons. The molecule has 0 bridgehead atoms. The van der Waals surface area contributed by atoms with Crippen molar-refractivity contribution in [2.24, 2.45) is 5.92 Å². The Labute approximate surface area is 148 Å². The number of rotatable bonds is 3. The van der Waals surface area contributed by atoms with Crippen molar-refractivity contribution in [3.05, 3.63) is 65.7 Å². The molecule has 1 N–H and O–H groups in total. The lowest BCUT2D eigenvalue weighted by atomic mass is 9.92. The molecule has 4 rings (SSSR count). The quantitative estimate of drug-likeness (QED) is 0.936. The summed E-state index contributed by atoms with van der Waals surface area (Å²) in [5, 5.41) is 3.03. The molecule has 4 nitrogen and oxygen atoms in total. The summed E-state index contributed by atoms with van der Waals surface area (Å²) in [6.07, 6.45) is 2.35. The highest BCUT2D eigenvalue weighted by molar-refractivity contribution is 5.97. The predicted octanol–water partition coefficient (Wildman–Crippen LogP) is 3.09. The number of amides is 1. The fourth-order valence-electron chi connectivity index (χ4n) is 3.89. The standard InChI is InChI=1S/C21H24N2O2/c24-21-18-10-4-5-11-19(18)25-20(13-22-21)17-9-6-12-23(15-17)14-16-7-2-1-3-8-16/h1-5,7-8,10-11,17,20H,6,9,12-15H2,(H,22,24)/t17-,20+/m0/s1. The minimum Gasteiger partial charge on any atom is -0.487 e. The molecule has 2 atom stereocenters. The van der Waals surface area contributed by atoms with Gasteiger partial charge in [0.25, 0.3) is 5.91 Å². The van der Waals surface area contributed by atoms with Crippen LogP contribution in [-0.4, -0.2) is 36.5 Å². The summed E-state index contributed by atoms with van der Waals surface area (Å²) in [7, 11) is 0. The molecule has 2 aliphatic heterocycles. The van der Waals surface area contributed by atoms with Crippen molar-refractivity contribution in [1.82, 2.24) is 10.2 Å². The van der Waals surface area contributed by atoms with Gasteiger partial charge in [0.15, 0.2) is 0 Å². The number of nitrogens with zero attached hydrogens (tertiary/aromatic N) is 1. The van der Waals surface area contributed by atoms with Gasteiger partial charge in [-0.05, 0) is 37.1 Å². The molecule has 130 valence electrons. The van der Waals surface area contributed by atoms with Crippen LogP contribution in [0, 0.1) is 5.92 Å². The van der Waals surface area contributed by atoms with E-state index in [0.717, 1.165) is 26.1 Å². The molecule has 1 saturated heterocycles. The molecule has 1 amide bonds. The SMILES string of the molecule is O=C1NC[C@H]([C@H]2CCCN(Cc3ccccc3)C2)Oc2ccccc21. The van der Waals surface area contributed by atoms with Gasteiger partial charge in [0.2, 0.25) is 0 Å². The maximum atomic E-state index is 12.2. The molecular formula is C21H24N2O2. The second-order valence-electron chi connectivity index (χ2n) is 6.99. The molecule has 0 unspecified atom stereocenters. The van der Waals surface area contributed by atoms with Gasteiger partial charge in [-0.1, -0.05) is 42.5 Å². The van der Waals surface area contributed by atoms with Crippen molar-refractivity contribution < 1.29 is 9.53 Å². The number of fused-ring (bicyclic) bond motifs is 1. The number of carbonyl (C=O) groups is 1. The maximum absolute atomic E-state index is 12.2. The van der Waals surface area contributed by atoms with Gasteiger partial charge >= 0.3 is 0 Å². The fraction of sp³-hybridized carbons (Fsp3) is 0.381. The third-order valence-electron chi connectivity index (χ3n) is 5.19. The van der Waals surface area contributed by atoms with Crippen molar-refractivity contribution in [3.8, 4) is 5.75 Å². The van der Waals surface area contributed by atoms with Crippen molar-refractivity contribution in [3.63, 3.8) is 0 Å². The molecule has 0 aromatic heterocycles. The lowest BCUT2D eigenvalue weighted by Crippen LogP contribution is -2.45. The average molecular weight is 336 g/mol. The van der Waals surface area contributed by atoms with E-state index in [1.165, 1.54) is 12.0 Å². The van der Waals surface area contributed by atoms with Gasteiger partial charge in [-0.2, -0.15) is 0 Å².